The second-order valence-corrected chi connectivity index (χ2v) is 12.3. The van der Waals surface area contributed by atoms with E-state index in [2.05, 4.69) is 45.2 Å². The zero-order valence-electron chi connectivity index (χ0n) is 22.7. The third kappa shape index (κ3) is 13.2. The Bertz CT molecular complexity index is 865. The minimum atomic E-state index is -2.97. The molecule has 0 saturated carbocycles. The molecule has 0 aromatic carbocycles. The van der Waals surface area contributed by atoms with Crippen molar-refractivity contribution in [3.8, 4) is 0 Å². The number of hydrogen-bond donors (Lipinski definition) is 1. The number of allylic oxidation sites excluding steroid dienone is 5. The van der Waals surface area contributed by atoms with Gasteiger partial charge in [-0.3, -0.25) is 4.90 Å². The molecule has 1 aliphatic heterocycles. The number of alkyl halides is 2. The Labute approximate surface area is 224 Å². The summed E-state index contributed by atoms with van der Waals surface area (Å²) in [6, 6.07) is 4.15. The molecular formula is C29H46F2NO2PS. The smallest absolute Gasteiger partial charge is 0.291 e. The molecule has 36 heavy (non-hydrogen) atoms. The van der Waals surface area contributed by atoms with E-state index in [0.29, 0.717) is 22.7 Å². The fourth-order valence-electron chi connectivity index (χ4n) is 3.81. The first-order valence-corrected chi connectivity index (χ1v) is 14.3. The summed E-state index contributed by atoms with van der Waals surface area (Å²) in [6.07, 6.45) is 13.8. The van der Waals surface area contributed by atoms with Gasteiger partial charge in [0.25, 0.3) is 5.66 Å². The van der Waals surface area contributed by atoms with Crippen LogP contribution in [0, 0.1) is 11.3 Å². The second-order valence-electron chi connectivity index (χ2n) is 10.3. The lowest BCUT2D eigenvalue weighted by Crippen LogP contribution is -2.39. The predicted molar refractivity (Wildman–Crippen MR) is 156 cm³/mol. The fraction of sp³-hybridized carbons (Fsp3) is 0.586. The molecule has 2 unspecified atom stereocenters. The van der Waals surface area contributed by atoms with Gasteiger partial charge in [0.1, 0.15) is 5.76 Å². The van der Waals surface area contributed by atoms with Crippen molar-refractivity contribution in [1.82, 2.24) is 4.90 Å². The van der Waals surface area contributed by atoms with Crippen LogP contribution in [0.2, 0.25) is 0 Å². The van der Waals surface area contributed by atoms with E-state index in [4.69, 9.17) is 9.84 Å². The molecule has 0 amide bonds. The highest BCUT2D eigenvalue weighted by atomic mass is 32.1. The molecule has 1 aromatic rings. The van der Waals surface area contributed by atoms with Gasteiger partial charge >= 0.3 is 0 Å². The van der Waals surface area contributed by atoms with Crippen LogP contribution in [0.15, 0.2) is 55.0 Å². The topological polar surface area (TPSA) is 32.7 Å². The highest BCUT2D eigenvalue weighted by molar-refractivity contribution is 7.18. The van der Waals surface area contributed by atoms with E-state index in [1.165, 1.54) is 27.0 Å². The molecule has 0 bridgehead atoms. The summed E-state index contributed by atoms with van der Waals surface area (Å²) in [7, 11) is 1.53. The van der Waals surface area contributed by atoms with Gasteiger partial charge in [0, 0.05) is 28.4 Å². The van der Waals surface area contributed by atoms with E-state index in [-0.39, 0.29) is 0 Å². The van der Waals surface area contributed by atoms with Crippen LogP contribution < -0.4 is 0 Å². The summed E-state index contributed by atoms with van der Waals surface area (Å²) in [6.45, 7) is 17.7. The van der Waals surface area contributed by atoms with E-state index >= 15 is 0 Å². The lowest BCUT2D eigenvalue weighted by molar-refractivity contribution is 0.0219. The molecule has 0 spiro atoms. The van der Waals surface area contributed by atoms with Crippen LogP contribution in [-0.4, -0.2) is 35.4 Å². The van der Waals surface area contributed by atoms with Gasteiger partial charge in [-0.2, -0.15) is 8.78 Å². The van der Waals surface area contributed by atoms with Crippen LogP contribution in [-0.2, 0) is 11.3 Å². The van der Waals surface area contributed by atoms with Crippen LogP contribution in [0.5, 0.6) is 0 Å². The maximum atomic E-state index is 13.3. The highest BCUT2D eigenvalue weighted by Gasteiger charge is 2.29. The molecule has 204 valence electrons. The van der Waals surface area contributed by atoms with E-state index in [1.54, 1.807) is 23.5 Å². The number of likely N-dealkylation sites (tertiary alicyclic amines) is 1. The maximum absolute atomic E-state index is 13.3. The van der Waals surface area contributed by atoms with E-state index < -0.39 is 12.3 Å². The summed E-state index contributed by atoms with van der Waals surface area (Å²) < 4.78 is 32.1. The monoisotopic (exact) mass is 541 g/mol. The third-order valence-corrected chi connectivity index (χ3v) is 7.26. The Morgan fingerprint density at radius 1 is 1.28 bits per heavy atom. The Morgan fingerprint density at radius 2 is 2.00 bits per heavy atom. The van der Waals surface area contributed by atoms with Gasteiger partial charge in [-0.15, -0.1) is 11.3 Å². The summed E-state index contributed by atoms with van der Waals surface area (Å²) in [5.74, 6) is 1.11. The first kappa shape index (κ1) is 32.5. The highest BCUT2D eigenvalue weighted by Crippen LogP contribution is 2.35. The SMILES string of the molecule is C=C(/C(=C\C=C/CCC)OCC(F)(F)P)c1ccc(CN2CCCC(C(C)(C)C)C2)s1.CC/C=C\O. The fourth-order valence-corrected chi connectivity index (χ4v) is 4.92. The number of rotatable bonds is 11. The number of ether oxygens (including phenoxy) is 1. The van der Waals surface area contributed by atoms with Gasteiger partial charge in [0.2, 0.25) is 0 Å². The molecule has 1 saturated heterocycles. The molecule has 1 aromatic heterocycles. The number of aliphatic hydroxyl groups excluding tert-OH is 1. The molecule has 2 atom stereocenters. The molecule has 1 fully saturated rings. The standard InChI is InChI=1S/C25H38F2NOPS.C4H8O/c1-6-7-8-9-12-22(29-18-25(26,27)30)19(2)23-14-13-21(31-23)17-28-15-10-11-20(16-28)24(3,4)5;1-2-3-4-5/h8-9,12-14,20H,2,6-7,10-11,15-18,30H2,1,3-5H3;3-5H,2H2,1H3/b9-8-,22-12+;4-3-. The van der Waals surface area contributed by atoms with Crippen molar-refractivity contribution in [3.63, 3.8) is 0 Å². The predicted octanol–water partition coefficient (Wildman–Crippen LogP) is 9.21. The van der Waals surface area contributed by atoms with Gasteiger partial charge in [-0.25, -0.2) is 0 Å². The van der Waals surface area contributed by atoms with Crippen LogP contribution in [0.3, 0.4) is 0 Å². The quantitative estimate of drug-likeness (QED) is 0.172. The third-order valence-electron chi connectivity index (χ3n) is 5.97. The van der Waals surface area contributed by atoms with Crippen molar-refractivity contribution in [3.05, 3.63) is 64.8 Å². The molecule has 0 aliphatic carbocycles. The first-order valence-electron chi connectivity index (χ1n) is 12.9. The average Bonchev–Trinajstić information content (AvgIpc) is 3.26. The summed E-state index contributed by atoms with van der Waals surface area (Å²) in [4.78, 5) is 4.76. The van der Waals surface area contributed by atoms with Gasteiger partial charge in [0.15, 0.2) is 6.61 Å². The van der Waals surface area contributed by atoms with Crippen LogP contribution >= 0.6 is 20.6 Å². The largest absolute Gasteiger partial charge is 0.516 e. The number of unbranched alkanes of at least 4 members (excludes halogenated alkanes) is 1. The van der Waals surface area contributed by atoms with Gasteiger partial charge in [0.05, 0.1) is 6.26 Å². The van der Waals surface area contributed by atoms with Crippen molar-refractivity contribution in [2.24, 2.45) is 11.3 Å². The summed E-state index contributed by atoms with van der Waals surface area (Å²) in [5.41, 5.74) is -1.99. The van der Waals surface area contributed by atoms with Crippen LogP contribution in [0.1, 0.15) is 76.5 Å². The first-order chi connectivity index (χ1) is 16.9. The van der Waals surface area contributed by atoms with Crippen molar-refractivity contribution in [2.75, 3.05) is 19.7 Å². The Kier molecular flexibility index (Phi) is 14.8. The average molecular weight is 542 g/mol. The Balaban J connectivity index is 0.00000118. The number of piperidine rings is 1. The molecule has 1 aliphatic rings. The van der Waals surface area contributed by atoms with Gasteiger partial charge < -0.3 is 9.84 Å². The minimum Gasteiger partial charge on any atom is -0.516 e. The molecule has 2 heterocycles. The molecule has 2 rings (SSSR count). The number of thiophene rings is 1. The van der Waals surface area contributed by atoms with Crippen LogP contribution in [0.4, 0.5) is 8.78 Å². The number of nitrogens with zero attached hydrogens (tertiary/aromatic N) is 1. The Morgan fingerprint density at radius 3 is 2.56 bits per heavy atom. The molecule has 0 radical (unpaired) electrons. The second kappa shape index (κ2) is 16.4. The van der Waals surface area contributed by atoms with E-state index in [0.717, 1.165) is 50.0 Å². The van der Waals surface area contributed by atoms with E-state index in [1.807, 2.05) is 25.1 Å². The van der Waals surface area contributed by atoms with Crippen molar-refractivity contribution >= 4 is 26.1 Å². The number of hydrogen-bond acceptors (Lipinski definition) is 4. The lowest BCUT2D eigenvalue weighted by Gasteiger charge is -2.39. The van der Waals surface area contributed by atoms with Gasteiger partial charge in [-0.05, 0) is 61.8 Å². The number of halogens is 2. The molecule has 1 N–H and O–H groups in total. The summed E-state index contributed by atoms with van der Waals surface area (Å²) in [5, 5.41) is 7.89. The minimum absolute atomic E-state index is 0.329. The summed E-state index contributed by atoms with van der Waals surface area (Å²) >= 11 is 1.67. The van der Waals surface area contributed by atoms with Gasteiger partial charge in [-0.1, -0.05) is 75.1 Å². The molecular weight excluding hydrogens is 495 g/mol. The zero-order valence-corrected chi connectivity index (χ0v) is 24.7. The zero-order chi connectivity index (χ0) is 27.2. The van der Waals surface area contributed by atoms with Crippen LogP contribution in [0.25, 0.3) is 5.57 Å². The Hall–Kier alpha value is -1.49. The number of aliphatic hydroxyl groups is 1. The lowest BCUT2D eigenvalue weighted by atomic mass is 9.76. The normalized spacial score (nSPS) is 17.9. The van der Waals surface area contributed by atoms with Crippen molar-refractivity contribution in [2.45, 2.75) is 78.9 Å². The molecule has 7 heteroatoms. The van der Waals surface area contributed by atoms with Crippen molar-refractivity contribution < 1.29 is 18.6 Å². The maximum Gasteiger partial charge on any atom is 0.291 e. The van der Waals surface area contributed by atoms with Crippen molar-refractivity contribution in [1.29, 1.82) is 0 Å². The molecule has 3 nitrogen and oxygen atoms in total. The van der Waals surface area contributed by atoms with E-state index in [9.17, 15) is 8.78 Å².